The van der Waals surface area contributed by atoms with Gasteiger partial charge in [0.15, 0.2) is 16.5 Å². The van der Waals surface area contributed by atoms with E-state index in [1.807, 2.05) is 0 Å². The summed E-state index contributed by atoms with van der Waals surface area (Å²) in [6.07, 6.45) is 6.71. The second kappa shape index (κ2) is 15.9. The van der Waals surface area contributed by atoms with E-state index in [1.165, 1.54) is 40.0 Å². The molecule has 0 amide bonds. The van der Waals surface area contributed by atoms with Crippen LogP contribution >= 0.6 is 33.2 Å². The predicted molar refractivity (Wildman–Crippen MR) is 218 cm³/mol. The highest BCUT2D eigenvalue weighted by atomic mass is 35.8. The molecule has 4 rings (SSSR count). The summed E-state index contributed by atoms with van der Waals surface area (Å²) in [4.78, 5) is 0. The molecule has 0 aliphatic heterocycles. The largest absolute Gasteiger partial charge is 0.356 e. The van der Waals surface area contributed by atoms with E-state index in [0.29, 0.717) is 0 Å². The fourth-order valence-electron chi connectivity index (χ4n) is 8.16. The van der Waals surface area contributed by atoms with Crippen molar-refractivity contribution in [2.75, 3.05) is 0 Å². The topological polar surface area (TPSA) is 3.24 Å². The second-order valence-electron chi connectivity index (χ2n) is 15.0. The van der Waals surface area contributed by atoms with Gasteiger partial charge in [0, 0.05) is 5.67 Å². The first-order valence-electron chi connectivity index (χ1n) is 17.3. The number of unbranched alkanes of at least 4 members (excludes halogenated alkanes) is 4. The fraction of sp³-hybridized carbons (Fsp3) is 0.400. The van der Waals surface area contributed by atoms with Gasteiger partial charge in [-0.2, -0.15) is 0 Å². The van der Waals surface area contributed by atoms with Crippen LogP contribution < -0.4 is 20.7 Å². The SMILES string of the molecule is CCCCCCCC(N([Si](c1ccccc1)(c1ccccc1)C(C)(C)C)[Si](c1ccccc1)(c1ccccc1)C(C)(C)C)[Si](Cl)(Cl)Cl. The van der Waals surface area contributed by atoms with Gasteiger partial charge < -0.3 is 4.23 Å². The number of nitrogens with zero attached hydrogens (tertiary/aromatic N) is 1. The van der Waals surface area contributed by atoms with Crippen molar-refractivity contribution < 1.29 is 0 Å². The lowest BCUT2D eigenvalue weighted by atomic mass is 10.1. The van der Waals surface area contributed by atoms with Crippen molar-refractivity contribution in [1.29, 1.82) is 0 Å². The molecule has 0 aromatic heterocycles. The average Bonchev–Trinajstić information content (AvgIpc) is 3.03. The van der Waals surface area contributed by atoms with Gasteiger partial charge >= 0.3 is 6.00 Å². The van der Waals surface area contributed by atoms with Crippen molar-refractivity contribution in [2.24, 2.45) is 0 Å². The van der Waals surface area contributed by atoms with Gasteiger partial charge in [-0.25, -0.2) is 0 Å². The van der Waals surface area contributed by atoms with Crippen LogP contribution in [0.5, 0.6) is 0 Å². The van der Waals surface area contributed by atoms with E-state index in [2.05, 4.69) is 174 Å². The second-order valence-corrected chi connectivity index (χ2v) is 33.4. The number of rotatable bonds is 14. The van der Waals surface area contributed by atoms with Crippen molar-refractivity contribution in [2.45, 2.75) is 103 Å². The van der Waals surface area contributed by atoms with Gasteiger partial charge in [0.2, 0.25) is 0 Å². The lowest BCUT2D eigenvalue weighted by Gasteiger charge is -2.64. The summed E-state index contributed by atoms with van der Waals surface area (Å²) in [7, 11) is -6.12. The van der Waals surface area contributed by atoms with Gasteiger partial charge in [-0.05, 0) is 37.2 Å². The van der Waals surface area contributed by atoms with E-state index in [9.17, 15) is 0 Å². The van der Waals surface area contributed by atoms with Gasteiger partial charge in [0.25, 0.3) is 0 Å². The summed E-state index contributed by atoms with van der Waals surface area (Å²) >= 11 is 22.7. The van der Waals surface area contributed by atoms with E-state index in [0.717, 1.165) is 19.3 Å². The summed E-state index contributed by atoms with van der Waals surface area (Å²) in [6.45, 7) is 16.9. The summed E-state index contributed by atoms with van der Waals surface area (Å²) in [5, 5.41) is 5.09. The molecular weight excluding hydrogens is 685 g/mol. The highest BCUT2D eigenvalue weighted by molar-refractivity contribution is 7.65. The van der Waals surface area contributed by atoms with Crippen LogP contribution in [0.15, 0.2) is 121 Å². The van der Waals surface area contributed by atoms with Crippen LogP contribution in [0.2, 0.25) is 10.1 Å². The van der Waals surface area contributed by atoms with Crippen LogP contribution in [0.3, 0.4) is 0 Å². The molecule has 0 fully saturated rings. The Bertz CT molecular complexity index is 1320. The summed E-state index contributed by atoms with van der Waals surface area (Å²) in [5.41, 5.74) is -0.202. The first-order chi connectivity index (χ1) is 22.2. The molecule has 0 saturated carbocycles. The molecule has 0 N–H and O–H groups in total. The summed E-state index contributed by atoms with van der Waals surface area (Å²) in [6, 6.07) is 41.8. The first kappa shape index (κ1) is 38.2. The predicted octanol–water partition coefficient (Wildman–Crippen LogP) is 10.3. The number of halogens is 3. The van der Waals surface area contributed by atoms with Crippen molar-refractivity contribution >= 4 is 76.5 Å². The highest BCUT2D eigenvalue weighted by Crippen LogP contribution is 2.50. The van der Waals surface area contributed by atoms with E-state index >= 15 is 0 Å². The minimum atomic E-state index is -3.41. The third kappa shape index (κ3) is 7.75. The molecule has 1 nitrogen and oxygen atoms in total. The Labute approximate surface area is 303 Å². The third-order valence-corrected chi connectivity index (χ3v) is 27.1. The van der Waals surface area contributed by atoms with Crippen LogP contribution in [0.4, 0.5) is 0 Å². The molecule has 252 valence electrons. The zero-order chi connectivity index (χ0) is 34.3. The minimum Gasteiger partial charge on any atom is -0.327 e. The molecule has 0 heterocycles. The lowest BCUT2D eigenvalue weighted by Crippen LogP contribution is -2.90. The van der Waals surface area contributed by atoms with Crippen LogP contribution in [-0.4, -0.2) is 32.4 Å². The molecular formula is C40H54Cl3NSi3. The highest BCUT2D eigenvalue weighted by Gasteiger charge is 2.67. The molecule has 1 unspecified atom stereocenters. The molecule has 47 heavy (non-hydrogen) atoms. The molecule has 1 atom stereocenters. The van der Waals surface area contributed by atoms with E-state index in [4.69, 9.17) is 33.2 Å². The summed E-state index contributed by atoms with van der Waals surface area (Å²) < 4.78 is 3.02. The molecule has 0 saturated heterocycles. The van der Waals surface area contributed by atoms with Gasteiger partial charge in [-0.15, -0.1) is 33.2 Å². The van der Waals surface area contributed by atoms with Crippen LogP contribution in [0.1, 0.15) is 87.0 Å². The van der Waals surface area contributed by atoms with E-state index in [1.54, 1.807) is 0 Å². The Balaban J connectivity index is 2.31. The summed E-state index contributed by atoms with van der Waals surface area (Å²) in [5.74, 6) is 0. The lowest BCUT2D eigenvalue weighted by molar-refractivity contribution is 0.457. The zero-order valence-electron chi connectivity index (χ0n) is 29.4. The van der Waals surface area contributed by atoms with Crippen molar-refractivity contribution in [3.8, 4) is 0 Å². The maximum absolute atomic E-state index is 7.57. The molecule has 4 aromatic carbocycles. The van der Waals surface area contributed by atoms with E-state index in [-0.39, 0.29) is 15.7 Å². The number of hydrogen-bond acceptors (Lipinski definition) is 1. The number of benzene rings is 4. The number of hydrogen-bond donors (Lipinski definition) is 0. The molecule has 0 spiro atoms. The molecule has 0 bridgehead atoms. The van der Waals surface area contributed by atoms with Gasteiger partial charge in [0.1, 0.15) is 0 Å². The molecule has 0 aliphatic rings. The fourth-order valence-corrected chi connectivity index (χ4v) is 30.8. The average molecular weight is 739 g/mol. The Hall–Kier alpha value is -1.64. The molecule has 4 aromatic rings. The van der Waals surface area contributed by atoms with Gasteiger partial charge in [-0.1, -0.05) is 202 Å². The van der Waals surface area contributed by atoms with Crippen LogP contribution in [-0.2, 0) is 0 Å². The standard InChI is InChI=1S/C40H54Cl3NSi3/c1-8-9-10-11-24-33-38(47(41,42)43)44(45(39(2,3)4,34-25-16-12-17-26-34)35-27-18-13-19-28-35)46(40(5,6)7,36-29-20-14-21-30-36)37-31-22-15-23-32-37/h12-23,25-32,38H,8-11,24,33H2,1-7H3. The molecule has 7 heteroatoms. The third-order valence-electron chi connectivity index (χ3n) is 9.93. The minimum absolute atomic E-state index is 0.187. The Morgan fingerprint density at radius 2 is 0.787 bits per heavy atom. The van der Waals surface area contributed by atoms with Gasteiger partial charge in [-0.3, -0.25) is 0 Å². The van der Waals surface area contributed by atoms with Gasteiger partial charge in [0.05, 0.1) is 0 Å². The van der Waals surface area contributed by atoms with Crippen molar-refractivity contribution in [3.63, 3.8) is 0 Å². The zero-order valence-corrected chi connectivity index (χ0v) is 34.7. The first-order valence-corrected chi connectivity index (χ1v) is 26.3. The normalized spacial score (nSPS) is 13.9. The van der Waals surface area contributed by atoms with Crippen molar-refractivity contribution in [1.82, 2.24) is 4.23 Å². The van der Waals surface area contributed by atoms with Crippen LogP contribution in [0, 0.1) is 0 Å². The van der Waals surface area contributed by atoms with E-state index < -0.39 is 22.5 Å². The maximum atomic E-state index is 7.57. The smallest absolute Gasteiger partial charge is 0.327 e. The molecule has 0 radical (unpaired) electrons. The monoisotopic (exact) mass is 737 g/mol. The van der Waals surface area contributed by atoms with Crippen LogP contribution in [0.25, 0.3) is 0 Å². The maximum Gasteiger partial charge on any atom is 0.356 e. The Kier molecular flexibility index (Phi) is 12.9. The molecule has 0 aliphatic carbocycles. The quantitative estimate of drug-likeness (QED) is 0.0707. The van der Waals surface area contributed by atoms with Crippen molar-refractivity contribution in [3.05, 3.63) is 121 Å². The Morgan fingerprint density at radius 1 is 0.489 bits per heavy atom. The Morgan fingerprint density at radius 3 is 1.04 bits per heavy atom.